The molecule has 106 valence electrons. The van der Waals surface area contributed by atoms with E-state index in [0.717, 1.165) is 5.56 Å². The van der Waals surface area contributed by atoms with Crippen LogP contribution in [-0.4, -0.2) is 20.7 Å². The van der Waals surface area contributed by atoms with Crippen LogP contribution in [0, 0.1) is 0 Å². The maximum Gasteiger partial charge on any atom is 0.241 e. The van der Waals surface area contributed by atoms with Gasteiger partial charge in [-0.15, -0.1) is 10.2 Å². The number of aromatic nitrogens is 3. The Labute approximate surface area is 118 Å². The molecule has 2 rings (SSSR count). The SMILES string of the molecule is CC(C)n1cnnc1CNC(=O)C(N)c1ccccc1. The van der Waals surface area contributed by atoms with Crippen molar-refractivity contribution in [1.29, 1.82) is 0 Å². The van der Waals surface area contributed by atoms with Gasteiger partial charge in [0.05, 0.1) is 6.54 Å². The van der Waals surface area contributed by atoms with Gasteiger partial charge in [-0.25, -0.2) is 0 Å². The molecule has 0 radical (unpaired) electrons. The van der Waals surface area contributed by atoms with Gasteiger partial charge in [-0.05, 0) is 19.4 Å². The summed E-state index contributed by atoms with van der Waals surface area (Å²) >= 11 is 0. The molecule has 0 bridgehead atoms. The van der Waals surface area contributed by atoms with Crippen molar-refractivity contribution in [2.45, 2.75) is 32.5 Å². The third-order valence-electron chi connectivity index (χ3n) is 3.07. The molecule has 0 aliphatic carbocycles. The van der Waals surface area contributed by atoms with Crippen molar-refractivity contribution in [3.63, 3.8) is 0 Å². The molecule has 1 heterocycles. The van der Waals surface area contributed by atoms with Gasteiger partial charge in [-0.1, -0.05) is 30.3 Å². The Balaban J connectivity index is 1.97. The maximum absolute atomic E-state index is 12.0. The Morgan fingerprint density at radius 3 is 2.70 bits per heavy atom. The van der Waals surface area contributed by atoms with Crippen LogP contribution >= 0.6 is 0 Å². The van der Waals surface area contributed by atoms with Gasteiger partial charge in [0.25, 0.3) is 0 Å². The summed E-state index contributed by atoms with van der Waals surface area (Å²) in [6, 6.07) is 8.85. The molecule has 6 nitrogen and oxygen atoms in total. The fraction of sp³-hybridized carbons (Fsp3) is 0.357. The van der Waals surface area contributed by atoms with E-state index >= 15 is 0 Å². The summed E-state index contributed by atoms with van der Waals surface area (Å²) < 4.78 is 1.91. The lowest BCUT2D eigenvalue weighted by molar-refractivity contribution is -0.122. The third-order valence-corrected chi connectivity index (χ3v) is 3.07. The molecule has 0 aliphatic heterocycles. The van der Waals surface area contributed by atoms with E-state index in [4.69, 9.17) is 5.73 Å². The summed E-state index contributed by atoms with van der Waals surface area (Å²) in [5.41, 5.74) is 6.71. The minimum absolute atomic E-state index is 0.227. The Morgan fingerprint density at radius 1 is 1.35 bits per heavy atom. The van der Waals surface area contributed by atoms with Crippen LogP contribution in [0.3, 0.4) is 0 Å². The van der Waals surface area contributed by atoms with Crippen molar-refractivity contribution in [2.24, 2.45) is 5.73 Å². The summed E-state index contributed by atoms with van der Waals surface area (Å²) in [7, 11) is 0. The average Bonchev–Trinajstić information content (AvgIpc) is 2.93. The molecular weight excluding hydrogens is 254 g/mol. The first-order chi connectivity index (χ1) is 9.59. The van der Waals surface area contributed by atoms with Crippen LogP contribution in [0.15, 0.2) is 36.7 Å². The highest BCUT2D eigenvalue weighted by Gasteiger charge is 2.16. The van der Waals surface area contributed by atoms with Gasteiger partial charge in [0.2, 0.25) is 5.91 Å². The number of hydrogen-bond donors (Lipinski definition) is 2. The van der Waals surface area contributed by atoms with E-state index in [0.29, 0.717) is 12.4 Å². The van der Waals surface area contributed by atoms with E-state index in [1.807, 2.05) is 48.7 Å². The summed E-state index contributed by atoms with van der Waals surface area (Å²) in [4.78, 5) is 12.0. The third kappa shape index (κ3) is 3.21. The molecule has 0 spiro atoms. The first-order valence-corrected chi connectivity index (χ1v) is 6.56. The minimum atomic E-state index is -0.674. The molecule has 20 heavy (non-hydrogen) atoms. The van der Waals surface area contributed by atoms with Crippen molar-refractivity contribution in [3.05, 3.63) is 48.0 Å². The number of benzene rings is 1. The Morgan fingerprint density at radius 2 is 2.05 bits per heavy atom. The highest BCUT2D eigenvalue weighted by molar-refractivity contribution is 5.82. The van der Waals surface area contributed by atoms with Crippen molar-refractivity contribution >= 4 is 5.91 Å². The Hall–Kier alpha value is -2.21. The average molecular weight is 273 g/mol. The van der Waals surface area contributed by atoms with E-state index in [-0.39, 0.29) is 11.9 Å². The molecule has 0 saturated carbocycles. The van der Waals surface area contributed by atoms with Gasteiger partial charge >= 0.3 is 0 Å². The molecule has 0 fully saturated rings. The molecule has 1 aromatic heterocycles. The zero-order valence-corrected chi connectivity index (χ0v) is 11.7. The number of carbonyl (C=O) groups excluding carboxylic acids is 1. The minimum Gasteiger partial charge on any atom is -0.347 e. The molecular formula is C14H19N5O. The topological polar surface area (TPSA) is 85.8 Å². The van der Waals surface area contributed by atoms with Crippen LogP contribution in [0.5, 0.6) is 0 Å². The zero-order chi connectivity index (χ0) is 14.5. The molecule has 1 aromatic carbocycles. The number of nitrogens with zero attached hydrogens (tertiary/aromatic N) is 3. The lowest BCUT2D eigenvalue weighted by atomic mass is 10.1. The van der Waals surface area contributed by atoms with Gasteiger partial charge in [-0.3, -0.25) is 4.79 Å². The van der Waals surface area contributed by atoms with E-state index in [2.05, 4.69) is 15.5 Å². The van der Waals surface area contributed by atoms with Crippen LogP contribution in [0.25, 0.3) is 0 Å². The first-order valence-electron chi connectivity index (χ1n) is 6.56. The summed E-state index contributed by atoms with van der Waals surface area (Å²) in [6.45, 7) is 4.38. The van der Waals surface area contributed by atoms with Crippen LogP contribution in [0.1, 0.15) is 37.3 Å². The van der Waals surface area contributed by atoms with Crippen LogP contribution in [-0.2, 0) is 11.3 Å². The number of carbonyl (C=O) groups is 1. The fourth-order valence-corrected chi connectivity index (χ4v) is 1.91. The van der Waals surface area contributed by atoms with E-state index < -0.39 is 6.04 Å². The highest BCUT2D eigenvalue weighted by Crippen LogP contribution is 2.10. The van der Waals surface area contributed by atoms with Crippen molar-refractivity contribution in [1.82, 2.24) is 20.1 Å². The van der Waals surface area contributed by atoms with Crippen molar-refractivity contribution < 1.29 is 4.79 Å². The molecule has 2 aromatic rings. The Kier molecular flexibility index (Phi) is 4.47. The smallest absolute Gasteiger partial charge is 0.241 e. The van der Waals surface area contributed by atoms with Crippen molar-refractivity contribution in [3.8, 4) is 0 Å². The molecule has 1 amide bonds. The van der Waals surface area contributed by atoms with Gasteiger partial charge < -0.3 is 15.6 Å². The predicted molar refractivity (Wildman–Crippen MR) is 75.6 cm³/mol. The maximum atomic E-state index is 12.0. The second-order valence-corrected chi connectivity index (χ2v) is 4.85. The molecule has 0 saturated heterocycles. The zero-order valence-electron chi connectivity index (χ0n) is 11.7. The van der Waals surface area contributed by atoms with Gasteiger partial charge in [0, 0.05) is 6.04 Å². The molecule has 1 atom stereocenters. The number of nitrogens with one attached hydrogen (secondary N) is 1. The Bertz CT molecular complexity index is 564. The van der Waals surface area contributed by atoms with Crippen molar-refractivity contribution in [2.75, 3.05) is 0 Å². The normalized spacial score (nSPS) is 12.4. The van der Waals surface area contributed by atoms with E-state index in [1.165, 1.54) is 0 Å². The quantitative estimate of drug-likeness (QED) is 0.856. The molecule has 3 N–H and O–H groups in total. The number of hydrogen-bond acceptors (Lipinski definition) is 4. The molecule has 1 unspecified atom stereocenters. The number of amides is 1. The standard InChI is InChI=1S/C14H19N5O/c1-10(2)19-9-17-18-12(19)8-16-14(20)13(15)11-6-4-3-5-7-11/h3-7,9-10,13H,8,15H2,1-2H3,(H,16,20). The number of rotatable bonds is 5. The second kappa shape index (κ2) is 6.29. The summed E-state index contributed by atoms with van der Waals surface area (Å²) in [6.07, 6.45) is 1.66. The lowest BCUT2D eigenvalue weighted by Gasteiger charge is -2.14. The monoisotopic (exact) mass is 273 g/mol. The van der Waals surface area contributed by atoms with E-state index in [1.54, 1.807) is 6.33 Å². The number of nitrogens with two attached hydrogens (primary N) is 1. The lowest BCUT2D eigenvalue weighted by Crippen LogP contribution is -2.34. The molecule has 0 aliphatic rings. The summed E-state index contributed by atoms with van der Waals surface area (Å²) in [5.74, 6) is 0.489. The largest absolute Gasteiger partial charge is 0.347 e. The fourth-order valence-electron chi connectivity index (χ4n) is 1.91. The molecule has 6 heteroatoms. The summed E-state index contributed by atoms with van der Waals surface area (Å²) in [5, 5.41) is 10.6. The first kappa shape index (κ1) is 14.2. The highest BCUT2D eigenvalue weighted by atomic mass is 16.2. The van der Waals surface area contributed by atoms with Crippen LogP contribution < -0.4 is 11.1 Å². The van der Waals surface area contributed by atoms with E-state index in [9.17, 15) is 4.79 Å². The van der Waals surface area contributed by atoms with Crippen LogP contribution in [0.2, 0.25) is 0 Å². The van der Waals surface area contributed by atoms with Gasteiger partial charge in [-0.2, -0.15) is 0 Å². The van der Waals surface area contributed by atoms with Gasteiger partial charge in [0.1, 0.15) is 12.4 Å². The van der Waals surface area contributed by atoms with Crippen LogP contribution in [0.4, 0.5) is 0 Å². The predicted octanol–water partition coefficient (Wildman–Crippen LogP) is 1.18. The van der Waals surface area contributed by atoms with Gasteiger partial charge in [0.15, 0.2) is 5.82 Å². The second-order valence-electron chi connectivity index (χ2n) is 4.85.